The average Bonchev–Trinajstić information content (AvgIpc) is 2.94. The van der Waals surface area contributed by atoms with E-state index in [1.165, 1.54) is 18.5 Å². The topological polar surface area (TPSA) is 61.8 Å². The van der Waals surface area contributed by atoms with E-state index in [4.69, 9.17) is 0 Å². The summed E-state index contributed by atoms with van der Waals surface area (Å²) < 4.78 is 42.1. The maximum absolute atomic E-state index is 13.3. The third kappa shape index (κ3) is 6.48. The fourth-order valence-corrected chi connectivity index (χ4v) is 6.20. The van der Waals surface area contributed by atoms with Crippen molar-refractivity contribution in [1.29, 1.82) is 0 Å². The van der Waals surface area contributed by atoms with Gasteiger partial charge in [0.05, 0.1) is 17.0 Å². The Morgan fingerprint density at radius 1 is 0.902 bits per heavy atom. The standard InChI is InChI=1S/C31H36F3N5O2/c1-22-28(23(2)36-21-35-22)29(40)37-19-15-30(3,16-20-37)38-17-13-26(14-18-38)39(24-7-5-4-6-8-24)25-9-11-27(12-10-25)41-31(32,33)34/h4-12,21,26H,13-20H2,1-3H3. The molecule has 1 aromatic heterocycles. The molecule has 3 aromatic rings. The Kier molecular flexibility index (Phi) is 8.22. The number of hydrogen-bond acceptors (Lipinski definition) is 6. The molecular weight excluding hydrogens is 531 g/mol. The molecule has 5 rings (SSSR count). The number of aryl methyl sites for hydroxylation is 2. The van der Waals surface area contributed by atoms with E-state index in [1.54, 1.807) is 12.1 Å². The molecule has 0 bridgehead atoms. The Bertz CT molecular complexity index is 1310. The molecule has 2 aliphatic heterocycles. The van der Waals surface area contributed by atoms with Crippen molar-refractivity contribution in [3.63, 3.8) is 0 Å². The van der Waals surface area contributed by atoms with Gasteiger partial charge in [0.15, 0.2) is 0 Å². The third-order valence-electron chi connectivity index (χ3n) is 8.54. The molecule has 0 atom stereocenters. The number of rotatable bonds is 6. The first-order valence-corrected chi connectivity index (χ1v) is 14.1. The molecule has 2 aromatic carbocycles. The second kappa shape index (κ2) is 11.7. The van der Waals surface area contributed by atoms with Gasteiger partial charge in [-0.2, -0.15) is 0 Å². The number of piperidine rings is 2. The molecule has 7 nitrogen and oxygen atoms in total. The van der Waals surface area contributed by atoms with E-state index in [0.717, 1.165) is 50.1 Å². The molecule has 0 N–H and O–H groups in total. The highest BCUT2D eigenvalue weighted by atomic mass is 19.4. The van der Waals surface area contributed by atoms with E-state index < -0.39 is 6.36 Å². The van der Waals surface area contributed by atoms with Crippen molar-refractivity contribution in [2.75, 3.05) is 31.1 Å². The van der Waals surface area contributed by atoms with Crippen LogP contribution in [0.5, 0.6) is 5.75 Å². The highest BCUT2D eigenvalue weighted by Crippen LogP contribution is 2.37. The van der Waals surface area contributed by atoms with Gasteiger partial charge in [0, 0.05) is 49.1 Å². The smallest absolute Gasteiger partial charge is 0.406 e. The summed E-state index contributed by atoms with van der Waals surface area (Å²) in [5, 5.41) is 0. The number of benzene rings is 2. The zero-order chi connectivity index (χ0) is 29.2. The lowest BCUT2D eigenvalue weighted by atomic mass is 9.85. The van der Waals surface area contributed by atoms with Crippen LogP contribution in [-0.4, -0.2) is 69.8 Å². The average molecular weight is 568 g/mol. The largest absolute Gasteiger partial charge is 0.573 e. The van der Waals surface area contributed by atoms with Crippen LogP contribution in [0.15, 0.2) is 60.9 Å². The summed E-state index contributed by atoms with van der Waals surface area (Å²) in [6.07, 6.45) is 0.368. The number of para-hydroxylation sites is 1. The van der Waals surface area contributed by atoms with Crippen molar-refractivity contribution < 1.29 is 22.7 Å². The van der Waals surface area contributed by atoms with Crippen molar-refractivity contribution in [2.24, 2.45) is 0 Å². The molecule has 218 valence electrons. The molecular formula is C31H36F3N5O2. The molecule has 41 heavy (non-hydrogen) atoms. The molecule has 0 saturated carbocycles. The Balaban J connectivity index is 1.24. The van der Waals surface area contributed by atoms with Crippen LogP contribution in [0.2, 0.25) is 0 Å². The summed E-state index contributed by atoms with van der Waals surface area (Å²) in [7, 11) is 0. The van der Waals surface area contributed by atoms with Gasteiger partial charge in [-0.1, -0.05) is 18.2 Å². The van der Waals surface area contributed by atoms with Crippen LogP contribution in [-0.2, 0) is 0 Å². The summed E-state index contributed by atoms with van der Waals surface area (Å²) in [4.78, 5) is 28.4. The van der Waals surface area contributed by atoms with Crippen LogP contribution in [0.25, 0.3) is 0 Å². The maximum atomic E-state index is 13.3. The van der Waals surface area contributed by atoms with E-state index in [2.05, 4.69) is 31.4 Å². The SMILES string of the molecule is Cc1ncnc(C)c1C(=O)N1CCC(C)(N2CCC(N(c3ccccc3)c3ccc(OC(F)(F)F)cc3)CC2)CC1. The van der Waals surface area contributed by atoms with Gasteiger partial charge < -0.3 is 14.5 Å². The molecule has 0 spiro atoms. The van der Waals surface area contributed by atoms with Gasteiger partial charge in [0.1, 0.15) is 12.1 Å². The lowest BCUT2D eigenvalue weighted by molar-refractivity contribution is -0.274. The quantitative estimate of drug-likeness (QED) is 0.349. The van der Waals surface area contributed by atoms with Gasteiger partial charge in [-0.05, 0) is 82.9 Å². The summed E-state index contributed by atoms with van der Waals surface area (Å²) in [6.45, 7) is 9.17. The Hall–Kier alpha value is -3.66. The van der Waals surface area contributed by atoms with Gasteiger partial charge in [-0.25, -0.2) is 9.97 Å². The number of carbonyl (C=O) groups is 1. The van der Waals surface area contributed by atoms with Crippen LogP contribution < -0.4 is 9.64 Å². The van der Waals surface area contributed by atoms with E-state index in [-0.39, 0.29) is 23.2 Å². The number of anilines is 2. The number of alkyl halides is 3. The fourth-order valence-electron chi connectivity index (χ4n) is 6.20. The van der Waals surface area contributed by atoms with Gasteiger partial charge in [-0.3, -0.25) is 9.69 Å². The van der Waals surface area contributed by atoms with Crippen LogP contribution in [0, 0.1) is 13.8 Å². The Morgan fingerprint density at radius 3 is 2.02 bits per heavy atom. The van der Waals surface area contributed by atoms with E-state index in [1.807, 2.05) is 49.1 Å². The van der Waals surface area contributed by atoms with Crippen LogP contribution >= 0.6 is 0 Å². The lowest BCUT2D eigenvalue weighted by Gasteiger charge is -2.50. The molecule has 2 fully saturated rings. The molecule has 3 heterocycles. The first-order valence-electron chi connectivity index (χ1n) is 14.1. The number of halogens is 3. The second-order valence-corrected chi connectivity index (χ2v) is 11.2. The molecule has 2 saturated heterocycles. The number of nitrogens with zero attached hydrogens (tertiary/aromatic N) is 5. The zero-order valence-electron chi connectivity index (χ0n) is 23.7. The normalized spacial score (nSPS) is 18.2. The molecule has 10 heteroatoms. The minimum atomic E-state index is -4.72. The number of carbonyl (C=O) groups excluding carboxylic acids is 1. The number of amides is 1. The number of ether oxygens (including phenoxy) is 1. The minimum absolute atomic E-state index is 0.00603. The van der Waals surface area contributed by atoms with Gasteiger partial charge >= 0.3 is 6.36 Å². The predicted octanol–water partition coefficient (Wildman–Crippen LogP) is 6.29. The molecule has 0 radical (unpaired) electrons. The van der Waals surface area contributed by atoms with E-state index >= 15 is 0 Å². The molecule has 0 unspecified atom stereocenters. The van der Waals surface area contributed by atoms with Crippen LogP contribution in [0.3, 0.4) is 0 Å². The highest BCUT2D eigenvalue weighted by Gasteiger charge is 2.40. The van der Waals surface area contributed by atoms with Crippen molar-refractivity contribution in [2.45, 2.75) is 64.4 Å². The Labute approximate surface area is 238 Å². The fraction of sp³-hybridized carbons (Fsp3) is 0.452. The monoisotopic (exact) mass is 567 g/mol. The van der Waals surface area contributed by atoms with Crippen molar-refractivity contribution >= 4 is 17.3 Å². The van der Waals surface area contributed by atoms with Gasteiger partial charge in [0.2, 0.25) is 0 Å². The molecule has 2 aliphatic rings. The number of hydrogen-bond donors (Lipinski definition) is 0. The summed E-state index contributed by atoms with van der Waals surface area (Å²) >= 11 is 0. The summed E-state index contributed by atoms with van der Waals surface area (Å²) in [6, 6.07) is 16.3. The van der Waals surface area contributed by atoms with Gasteiger partial charge in [-0.15, -0.1) is 13.2 Å². The lowest BCUT2D eigenvalue weighted by Crippen LogP contribution is -2.58. The predicted molar refractivity (Wildman–Crippen MR) is 151 cm³/mol. The number of aromatic nitrogens is 2. The van der Waals surface area contributed by atoms with Gasteiger partial charge in [0.25, 0.3) is 5.91 Å². The maximum Gasteiger partial charge on any atom is 0.573 e. The zero-order valence-corrected chi connectivity index (χ0v) is 23.7. The summed E-state index contributed by atoms with van der Waals surface area (Å²) in [5.41, 5.74) is 3.86. The van der Waals surface area contributed by atoms with Crippen LogP contribution in [0.1, 0.15) is 54.4 Å². The second-order valence-electron chi connectivity index (χ2n) is 11.2. The van der Waals surface area contributed by atoms with Crippen molar-refractivity contribution in [3.8, 4) is 5.75 Å². The highest BCUT2D eigenvalue weighted by molar-refractivity contribution is 5.96. The van der Waals surface area contributed by atoms with Crippen molar-refractivity contribution in [3.05, 3.63) is 77.9 Å². The first kappa shape index (κ1) is 28.9. The van der Waals surface area contributed by atoms with Crippen LogP contribution in [0.4, 0.5) is 24.5 Å². The first-order chi connectivity index (χ1) is 19.5. The minimum Gasteiger partial charge on any atom is -0.406 e. The molecule has 0 aliphatic carbocycles. The van der Waals surface area contributed by atoms with E-state index in [0.29, 0.717) is 30.0 Å². The van der Waals surface area contributed by atoms with Crippen molar-refractivity contribution in [1.82, 2.24) is 19.8 Å². The van der Waals surface area contributed by atoms with E-state index in [9.17, 15) is 18.0 Å². The number of likely N-dealkylation sites (tertiary alicyclic amines) is 2. The third-order valence-corrected chi connectivity index (χ3v) is 8.54. The summed E-state index contributed by atoms with van der Waals surface area (Å²) in [5.74, 6) is -0.224. The molecule has 1 amide bonds. The Morgan fingerprint density at radius 2 is 1.46 bits per heavy atom.